The van der Waals surface area contributed by atoms with Crippen molar-refractivity contribution in [2.24, 2.45) is 0 Å². The van der Waals surface area contributed by atoms with Crippen molar-refractivity contribution < 1.29 is 14.3 Å². The summed E-state index contributed by atoms with van der Waals surface area (Å²) in [4.78, 5) is 10.5. The summed E-state index contributed by atoms with van der Waals surface area (Å²) in [5, 5.41) is 19.9. The maximum atomic E-state index is 10.5. The Morgan fingerprint density at radius 1 is 1.59 bits per heavy atom. The van der Waals surface area contributed by atoms with E-state index in [4.69, 9.17) is 9.52 Å². The van der Waals surface area contributed by atoms with Gasteiger partial charge in [-0.25, -0.2) is 4.68 Å². The summed E-state index contributed by atoms with van der Waals surface area (Å²) in [5.41, 5.74) is 0.808. The van der Waals surface area contributed by atoms with Crippen LogP contribution in [0.1, 0.15) is 19.1 Å². The summed E-state index contributed by atoms with van der Waals surface area (Å²) >= 11 is 0. The first-order valence-electron chi connectivity index (χ1n) is 5.27. The number of rotatable bonds is 5. The maximum absolute atomic E-state index is 10.5. The molecule has 90 valence electrons. The van der Waals surface area contributed by atoms with Crippen LogP contribution in [0.3, 0.4) is 0 Å². The molecule has 0 saturated carbocycles. The minimum Gasteiger partial charge on any atom is -0.481 e. The summed E-state index contributed by atoms with van der Waals surface area (Å²) < 4.78 is 6.76. The largest absolute Gasteiger partial charge is 0.481 e. The summed E-state index contributed by atoms with van der Waals surface area (Å²) in [7, 11) is 0. The van der Waals surface area contributed by atoms with Gasteiger partial charge in [-0.15, -0.1) is 5.10 Å². The number of carboxylic acid groups (broad SMARTS) is 1. The molecule has 7 heteroatoms. The molecular weight excluding hydrogens is 224 g/mol. The second-order valence-corrected chi connectivity index (χ2v) is 3.48. The number of carboxylic acids is 1. The number of hydrogen-bond donors (Lipinski definition) is 1. The molecule has 0 aliphatic heterocycles. The van der Waals surface area contributed by atoms with E-state index in [0.29, 0.717) is 5.82 Å². The SMILES string of the molecule is CCc1occc1-c1nnnn1CCC(=O)O. The van der Waals surface area contributed by atoms with E-state index in [-0.39, 0.29) is 13.0 Å². The Hall–Kier alpha value is -2.18. The quantitative estimate of drug-likeness (QED) is 0.831. The molecule has 2 heterocycles. The molecular formula is C10H12N4O3. The first-order chi connectivity index (χ1) is 8.22. The van der Waals surface area contributed by atoms with E-state index >= 15 is 0 Å². The van der Waals surface area contributed by atoms with Gasteiger partial charge < -0.3 is 9.52 Å². The zero-order valence-corrected chi connectivity index (χ0v) is 9.33. The van der Waals surface area contributed by atoms with Gasteiger partial charge in [-0.05, 0) is 16.5 Å². The highest BCUT2D eigenvalue weighted by molar-refractivity contribution is 5.66. The molecule has 0 aliphatic carbocycles. The molecule has 0 radical (unpaired) electrons. The summed E-state index contributed by atoms with van der Waals surface area (Å²) in [6.45, 7) is 2.21. The van der Waals surface area contributed by atoms with E-state index in [1.165, 1.54) is 4.68 Å². The first kappa shape index (κ1) is 11.3. The Bertz CT molecular complexity index is 517. The highest BCUT2D eigenvalue weighted by atomic mass is 16.4. The van der Waals surface area contributed by atoms with Gasteiger partial charge in [0, 0.05) is 6.42 Å². The number of nitrogens with zero attached hydrogens (tertiary/aromatic N) is 4. The number of aromatic nitrogens is 4. The number of hydrogen-bond acceptors (Lipinski definition) is 5. The van der Waals surface area contributed by atoms with Crippen molar-refractivity contribution >= 4 is 5.97 Å². The lowest BCUT2D eigenvalue weighted by molar-refractivity contribution is -0.137. The van der Waals surface area contributed by atoms with Crippen molar-refractivity contribution in [1.82, 2.24) is 20.2 Å². The fraction of sp³-hybridized carbons (Fsp3) is 0.400. The minimum atomic E-state index is -0.880. The third-order valence-corrected chi connectivity index (χ3v) is 2.38. The van der Waals surface area contributed by atoms with Crippen LogP contribution in [0, 0.1) is 0 Å². The normalized spacial score (nSPS) is 10.6. The van der Waals surface area contributed by atoms with Crippen LogP contribution < -0.4 is 0 Å². The molecule has 0 aromatic carbocycles. The topological polar surface area (TPSA) is 94.0 Å². The van der Waals surface area contributed by atoms with Crippen molar-refractivity contribution in [2.45, 2.75) is 26.3 Å². The molecule has 0 atom stereocenters. The van der Waals surface area contributed by atoms with Gasteiger partial charge in [-0.3, -0.25) is 4.79 Å². The Balaban J connectivity index is 2.27. The summed E-state index contributed by atoms with van der Waals surface area (Å²) in [6, 6.07) is 1.78. The lowest BCUT2D eigenvalue weighted by atomic mass is 10.2. The molecule has 0 saturated heterocycles. The van der Waals surface area contributed by atoms with Crippen molar-refractivity contribution in [3.8, 4) is 11.4 Å². The third kappa shape index (κ3) is 2.32. The van der Waals surface area contributed by atoms with E-state index in [9.17, 15) is 4.79 Å². The van der Waals surface area contributed by atoms with E-state index in [0.717, 1.165) is 17.7 Å². The fourth-order valence-electron chi connectivity index (χ4n) is 1.56. The average Bonchev–Trinajstić information content (AvgIpc) is 2.93. The number of aryl methyl sites for hydroxylation is 2. The molecule has 1 N–H and O–H groups in total. The molecule has 0 aliphatic rings. The van der Waals surface area contributed by atoms with E-state index < -0.39 is 5.97 Å². The van der Waals surface area contributed by atoms with Gasteiger partial charge in [0.15, 0.2) is 5.82 Å². The van der Waals surface area contributed by atoms with Gasteiger partial charge in [0.2, 0.25) is 0 Å². The number of furan rings is 1. The molecule has 0 amide bonds. The zero-order chi connectivity index (χ0) is 12.3. The predicted molar refractivity (Wildman–Crippen MR) is 57.1 cm³/mol. The predicted octanol–water partition coefficient (Wildman–Crippen LogP) is 0.970. The van der Waals surface area contributed by atoms with Gasteiger partial charge >= 0.3 is 5.97 Å². The second kappa shape index (κ2) is 4.77. The molecule has 0 spiro atoms. The van der Waals surface area contributed by atoms with Crippen LogP contribution in [0.4, 0.5) is 0 Å². The molecule has 0 fully saturated rings. The van der Waals surface area contributed by atoms with E-state index in [1.807, 2.05) is 6.92 Å². The molecule has 2 aromatic rings. The third-order valence-electron chi connectivity index (χ3n) is 2.38. The Kier molecular flexibility index (Phi) is 3.17. The maximum Gasteiger partial charge on any atom is 0.305 e. The van der Waals surface area contributed by atoms with Crippen LogP contribution >= 0.6 is 0 Å². The molecule has 0 bridgehead atoms. The molecule has 0 unspecified atom stereocenters. The van der Waals surface area contributed by atoms with Crippen LogP contribution in [-0.2, 0) is 17.8 Å². The second-order valence-electron chi connectivity index (χ2n) is 3.48. The number of carbonyl (C=O) groups is 1. The summed E-state index contributed by atoms with van der Waals surface area (Å²) in [5.74, 6) is 0.447. The van der Waals surface area contributed by atoms with Gasteiger partial charge in [0.1, 0.15) is 5.76 Å². The van der Waals surface area contributed by atoms with Crippen LogP contribution in [0.2, 0.25) is 0 Å². The van der Waals surface area contributed by atoms with Gasteiger partial charge in [0.25, 0.3) is 0 Å². The molecule has 17 heavy (non-hydrogen) atoms. The number of tetrazole rings is 1. The average molecular weight is 236 g/mol. The van der Waals surface area contributed by atoms with Crippen molar-refractivity contribution in [3.63, 3.8) is 0 Å². The van der Waals surface area contributed by atoms with Crippen LogP contribution in [0.25, 0.3) is 11.4 Å². The van der Waals surface area contributed by atoms with E-state index in [1.54, 1.807) is 12.3 Å². The van der Waals surface area contributed by atoms with Crippen molar-refractivity contribution in [2.75, 3.05) is 0 Å². The Morgan fingerprint density at radius 2 is 2.41 bits per heavy atom. The fourth-order valence-corrected chi connectivity index (χ4v) is 1.56. The van der Waals surface area contributed by atoms with Crippen LogP contribution in [0.5, 0.6) is 0 Å². The van der Waals surface area contributed by atoms with Crippen LogP contribution in [0.15, 0.2) is 16.7 Å². The smallest absolute Gasteiger partial charge is 0.305 e. The molecule has 2 aromatic heterocycles. The highest BCUT2D eigenvalue weighted by Gasteiger charge is 2.15. The lowest BCUT2D eigenvalue weighted by Gasteiger charge is -2.02. The van der Waals surface area contributed by atoms with Gasteiger partial charge in [0.05, 0.1) is 24.8 Å². The van der Waals surface area contributed by atoms with Crippen molar-refractivity contribution in [3.05, 3.63) is 18.1 Å². The first-order valence-corrected chi connectivity index (χ1v) is 5.27. The van der Waals surface area contributed by atoms with Gasteiger partial charge in [-0.1, -0.05) is 6.92 Å². The number of aliphatic carboxylic acids is 1. The van der Waals surface area contributed by atoms with Crippen LogP contribution in [-0.4, -0.2) is 31.3 Å². The lowest BCUT2D eigenvalue weighted by Crippen LogP contribution is -2.08. The van der Waals surface area contributed by atoms with Crippen molar-refractivity contribution in [1.29, 1.82) is 0 Å². The summed E-state index contributed by atoms with van der Waals surface area (Å²) in [6.07, 6.45) is 2.29. The Labute approximate surface area is 97.0 Å². The highest BCUT2D eigenvalue weighted by Crippen LogP contribution is 2.22. The molecule has 7 nitrogen and oxygen atoms in total. The zero-order valence-electron chi connectivity index (χ0n) is 9.33. The Morgan fingerprint density at radius 3 is 3.12 bits per heavy atom. The van der Waals surface area contributed by atoms with Gasteiger partial charge in [-0.2, -0.15) is 0 Å². The van der Waals surface area contributed by atoms with E-state index in [2.05, 4.69) is 15.5 Å². The monoisotopic (exact) mass is 236 g/mol. The minimum absolute atomic E-state index is 0.0165. The molecule has 2 rings (SSSR count). The standard InChI is InChI=1S/C10H12N4O3/c1-2-8-7(4-6-17-8)10-11-12-13-14(10)5-3-9(15)16/h4,6H,2-3,5H2,1H3,(H,15,16).